The fourth-order valence-electron chi connectivity index (χ4n) is 2.06. The van der Waals surface area contributed by atoms with Gasteiger partial charge in [-0.3, -0.25) is 0 Å². The van der Waals surface area contributed by atoms with Crippen LogP contribution < -0.4 is 10.6 Å². The highest BCUT2D eigenvalue weighted by Gasteiger charge is 2.15. The van der Waals surface area contributed by atoms with Crippen molar-refractivity contribution in [3.05, 3.63) is 47.7 Å². The van der Waals surface area contributed by atoms with Gasteiger partial charge in [-0.2, -0.15) is 0 Å². The molecule has 1 aromatic heterocycles. The largest absolute Gasteiger partial charge is 0.508 e. The van der Waals surface area contributed by atoms with Crippen molar-refractivity contribution in [2.24, 2.45) is 5.73 Å². The van der Waals surface area contributed by atoms with E-state index in [0.717, 1.165) is 16.9 Å². The number of aryl methyl sites for hydroxylation is 1. The Kier molecular flexibility index (Phi) is 4.20. The molecule has 0 saturated carbocycles. The van der Waals surface area contributed by atoms with Crippen LogP contribution in [-0.4, -0.2) is 21.6 Å². The lowest BCUT2D eigenvalue weighted by molar-refractivity contribution is 0.475. The molecule has 3 N–H and O–H groups in total. The molecule has 0 aliphatic carbocycles. The van der Waals surface area contributed by atoms with Crippen LogP contribution in [0.15, 0.2) is 36.4 Å². The lowest BCUT2D eigenvalue weighted by atomic mass is 10.2. The van der Waals surface area contributed by atoms with Gasteiger partial charge in [0, 0.05) is 24.0 Å². The molecule has 104 valence electrons. The van der Waals surface area contributed by atoms with Crippen LogP contribution in [-0.2, 0) is 0 Å². The SMILES string of the molecule is CCN(c1cccc(O)c1)c1nc(C)ccc1C(N)=S. The number of thiocarbonyl (C=S) groups is 1. The Morgan fingerprint density at radius 3 is 2.70 bits per heavy atom. The van der Waals surface area contributed by atoms with Crippen molar-refractivity contribution >= 4 is 28.7 Å². The molecule has 0 aliphatic heterocycles. The van der Waals surface area contributed by atoms with Crippen LogP contribution in [0.1, 0.15) is 18.2 Å². The summed E-state index contributed by atoms with van der Waals surface area (Å²) in [5.41, 5.74) is 8.25. The first-order chi connectivity index (χ1) is 9.52. The summed E-state index contributed by atoms with van der Waals surface area (Å²) in [7, 11) is 0. The zero-order valence-corrected chi connectivity index (χ0v) is 12.3. The van der Waals surface area contributed by atoms with Gasteiger partial charge in [0.15, 0.2) is 0 Å². The van der Waals surface area contributed by atoms with Gasteiger partial charge in [0.05, 0.1) is 5.56 Å². The Morgan fingerprint density at radius 1 is 1.35 bits per heavy atom. The number of phenolic OH excluding ortho intramolecular Hbond substituents is 1. The van der Waals surface area contributed by atoms with Crippen molar-refractivity contribution in [1.82, 2.24) is 4.98 Å². The Bertz CT molecular complexity index is 643. The molecule has 2 aromatic rings. The van der Waals surface area contributed by atoms with Crippen molar-refractivity contribution in [2.75, 3.05) is 11.4 Å². The topological polar surface area (TPSA) is 62.4 Å². The van der Waals surface area contributed by atoms with E-state index in [0.29, 0.717) is 17.4 Å². The fourth-order valence-corrected chi connectivity index (χ4v) is 2.22. The van der Waals surface area contributed by atoms with E-state index in [2.05, 4.69) is 4.98 Å². The quantitative estimate of drug-likeness (QED) is 0.847. The smallest absolute Gasteiger partial charge is 0.143 e. The van der Waals surface area contributed by atoms with Crippen LogP contribution in [0.25, 0.3) is 0 Å². The maximum atomic E-state index is 9.64. The second-order valence-electron chi connectivity index (χ2n) is 4.45. The highest BCUT2D eigenvalue weighted by molar-refractivity contribution is 7.80. The number of benzene rings is 1. The summed E-state index contributed by atoms with van der Waals surface area (Å²) in [6.45, 7) is 4.62. The van der Waals surface area contributed by atoms with E-state index in [1.165, 1.54) is 0 Å². The van der Waals surface area contributed by atoms with E-state index >= 15 is 0 Å². The van der Waals surface area contributed by atoms with Gasteiger partial charge in [0.2, 0.25) is 0 Å². The third-order valence-electron chi connectivity index (χ3n) is 2.99. The van der Waals surface area contributed by atoms with E-state index < -0.39 is 0 Å². The van der Waals surface area contributed by atoms with Crippen LogP contribution in [0.3, 0.4) is 0 Å². The van der Waals surface area contributed by atoms with Gasteiger partial charge in [-0.1, -0.05) is 18.3 Å². The highest BCUT2D eigenvalue weighted by Crippen LogP contribution is 2.29. The molecule has 1 heterocycles. The van der Waals surface area contributed by atoms with E-state index in [1.807, 2.05) is 36.9 Å². The summed E-state index contributed by atoms with van der Waals surface area (Å²) in [5.74, 6) is 0.927. The Morgan fingerprint density at radius 2 is 2.10 bits per heavy atom. The minimum absolute atomic E-state index is 0.213. The predicted octanol–water partition coefficient (Wildman–Crippen LogP) is 2.89. The minimum atomic E-state index is 0.213. The molecule has 20 heavy (non-hydrogen) atoms. The first-order valence-electron chi connectivity index (χ1n) is 6.37. The Labute approximate surface area is 123 Å². The summed E-state index contributed by atoms with van der Waals surface area (Å²) >= 11 is 5.10. The Hall–Kier alpha value is -2.14. The molecule has 2 rings (SSSR count). The molecule has 0 aliphatic rings. The van der Waals surface area contributed by atoms with Crippen LogP contribution in [0.2, 0.25) is 0 Å². The molecule has 5 heteroatoms. The molecule has 0 unspecified atom stereocenters. The van der Waals surface area contributed by atoms with Gasteiger partial charge in [0.25, 0.3) is 0 Å². The number of rotatable bonds is 4. The molecule has 0 spiro atoms. The number of phenols is 1. The van der Waals surface area contributed by atoms with Crippen LogP contribution >= 0.6 is 12.2 Å². The summed E-state index contributed by atoms with van der Waals surface area (Å²) in [6, 6.07) is 10.8. The number of anilines is 2. The monoisotopic (exact) mass is 287 g/mol. The van der Waals surface area contributed by atoms with E-state index in [1.54, 1.807) is 18.2 Å². The van der Waals surface area contributed by atoms with Crippen LogP contribution in [0, 0.1) is 6.92 Å². The molecule has 0 fully saturated rings. The summed E-state index contributed by atoms with van der Waals surface area (Å²) < 4.78 is 0. The molecule has 0 atom stereocenters. The van der Waals surface area contributed by atoms with Crippen LogP contribution in [0.5, 0.6) is 5.75 Å². The Balaban J connectivity index is 2.57. The number of nitrogens with zero attached hydrogens (tertiary/aromatic N) is 2. The summed E-state index contributed by atoms with van der Waals surface area (Å²) in [4.78, 5) is 6.83. The first kappa shape index (κ1) is 14.3. The van der Waals surface area contributed by atoms with Gasteiger partial charge in [0.1, 0.15) is 16.6 Å². The molecule has 4 nitrogen and oxygen atoms in total. The highest BCUT2D eigenvalue weighted by atomic mass is 32.1. The predicted molar refractivity (Wildman–Crippen MR) is 85.6 cm³/mol. The summed E-state index contributed by atoms with van der Waals surface area (Å²) in [5, 5.41) is 9.64. The number of pyridine rings is 1. The second kappa shape index (κ2) is 5.88. The number of hydrogen-bond donors (Lipinski definition) is 2. The van der Waals surface area contributed by atoms with Crippen LogP contribution in [0.4, 0.5) is 11.5 Å². The van der Waals surface area contributed by atoms with E-state index in [-0.39, 0.29) is 5.75 Å². The third-order valence-corrected chi connectivity index (χ3v) is 3.21. The normalized spacial score (nSPS) is 10.3. The summed E-state index contributed by atoms with van der Waals surface area (Å²) in [6.07, 6.45) is 0. The maximum Gasteiger partial charge on any atom is 0.143 e. The lowest BCUT2D eigenvalue weighted by Gasteiger charge is -2.24. The average molecular weight is 287 g/mol. The zero-order valence-electron chi connectivity index (χ0n) is 11.5. The van der Waals surface area contributed by atoms with Gasteiger partial charge in [-0.05, 0) is 38.1 Å². The standard InChI is InChI=1S/C15H17N3OS/c1-3-18(11-5-4-6-12(19)9-11)15-13(14(16)20)8-7-10(2)17-15/h4-9,19H,3H2,1-2H3,(H2,16,20). The van der Waals surface area contributed by atoms with Crippen molar-refractivity contribution in [1.29, 1.82) is 0 Å². The average Bonchev–Trinajstić information content (AvgIpc) is 2.39. The molecule has 0 radical (unpaired) electrons. The third kappa shape index (κ3) is 2.88. The first-order valence-corrected chi connectivity index (χ1v) is 6.77. The van der Waals surface area contributed by atoms with E-state index in [9.17, 15) is 5.11 Å². The number of nitrogens with two attached hydrogens (primary N) is 1. The van der Waals surface area contributed by atoms with Crippen molar-refractivity contribution < 1.29 is 5.11 Å². The van der Waals surface area contributed by atoms with Gasteiger partial charge < -0.3 is 15.7 Å². The molecular weight excluding hydrogens is 270 g/mol. The minimum Gasteiger partial charge on any atom is -0.508 e. The molecular formula is C15H17N3OS. The zero-order chi connectivity index (χ0) is 14.7. The second-order valence-corrected chi connectivity index (χ2v) is 4.89. The number of aromatic hydroxyl groups is 1. The van der Waals surface area contributed by atoms with Gasteiger partial charge in [-0.25, -0.2) is 4.98 Å². The van der Waals surface area contributed by atoms with Crippen molar-refractivity contribution in [2.45, 2.75) is 13.8 Å². The van der Waals surface area contributed by atoms with Crippen molar-refractivity contribution in [3.8, 4) is 5.75 Å². The van der Waals surface area contributed by atoms with E-state index in [4.69, 9.17) is 18.0 Å². The lowest BCUT2D eigenvalue weighted by Crippen LogP contribution is -2.23. The number of hydrogen-bond acceptors (Lipinski definition) is 4. The maximum absolute atomic E-state index is 9.64. The molecule has 0 saturated heterocycles. The van der Waals surface area contributed by atoms with Gasteiger partial charge >= 0.3 is 0 Å². The molecule has 1 aromatic carbocycles. The van der Waals surface area contributed by atoms with Crippen molar-refractivity contribution in [3.63, 3.8) is 0 Å². The fraction of sp³-hybridized carbons (Fsp3) is 0.200. The molecule has 0 amide bonds. The molecule has 0 bridgehead atoms. The number of aromatic nitrogens is 1. The van der Waals surface area contributed by atoms with Gasteiger partial charge in [-0.15, -0.1) is 0 Å².